The van der Waals surface area contributed by atoms with Gasteiger partial charge in [0.05, 0.1) is 0 Å². The molecule has 0 aromatic carbocycles. The van der Waals surface area contributed by atoms with Crippen LogP contribution in [0.3, 0.4) is 0 Å². The predicted octanol–water partition coefficient (Wildman–Crippen LogP) is 6.00. The molecule has 0 aliphatic carbocycles. The number of rotatable bonds is 8. The monoisotopic (exact) mass is 812 g/mol. The molecule has 0 aliphatic rings. The van der Waals surface area contributed by atoms with Crippen LogP contribution in [-0.4, -0.2) is 65.9 Å². The Morgan fingerprint density at radius 3 is 0.268 bits per heavy atom. The van der Waals surface area contributed by atoms with E-state index in [1.807, 2.05) is 0 Å². The summed E-state index contributed by atoms with van der Waals surface area (Å²) in [6, 6.07) is 0. The molecule has 0 fully saturated rings. The normalized spacial score (nSPS) is 12.3. The van der Waals surface area contributed by atoms with Gasteiger partial charge in [-0.05, 0) is 0 Å². The third-order valence-electron chi connectivity index (χ3n) is 2.68. The van der Waals surface area contributed by atoms with E-state index in [1.54, 1.807) is 0 Å². The molecule has 0 atom stereocenters. The van der Waals surface area contributed by atoms with Crippen molar-refractivity contribution in [1.29, 1.82) is 0 Å². The fourth-order valence-electron chi connectivity index (χ4n) is 4.02. The Hall–Kier alpha value is 4.57. The van der Waals surface area contributed by atoms with E-state index in [-0.39, 0.29) is 98.7 Å². The van der Waals surface area contributed by atoms with Crippen molar-refractivity contribution in [2.24, 2.45) is 0 Å². The van der Waals surface area contributed by atoms with Gasteiger partial charge in [0.2, 0.25) is 0 Å². The van der Waals surface area contributed by atoms with E-state index in [2.05, 4.69) is 157 Å². The summed E-state index contributed by atoms with van der Waals surface area (Å²) in [6.07, 6.45) is 0. The summed E-state index contributed by atoms with van der Waals surface area (Å²) in [5.74, 6) is 0. The first-order chi connectivity index (χ1) is 14.8. The van der Waals surface area contributed by atoms with Crippen LogP contribution in [0, 0.1) is 0 Å². The van der Waals surface area contributed by atoms with Gasteiger partial charge >= 0.3 is 93.3 Å². The Balaban J connectivity index is -0.0000000457. The van der Waals surface area contributed by atoms with Crippen LogP contribution in [0.15, 0.2) is 0 Å². The minimum atomic E-state index is -1.11. The first-order valence-electron chi connectivity index (χ1n) is 13.8. The predicted molar refractivity (Wildman–Crippen MR) is 201 cm³/mol. The zero-order chi connectivity index (χ0) is 30.8. The Morgan fingerprint density at radius 2 is 0.268 bits per heavy atom. The number of hydrogen-bond donors (Lipinski definition) is 0. The Bertz CT molecular complexity index is 438. The molecule has 41 heavy (non-hydrogen) atoms. The van der Waals surface area contributed by atoms with Crippen molar-refractivity contribution in [3.05, 3.63) is 18.6 Å². The van der Waals surface area contributed by atoms with Crippen molar-refractivity contribution in [2.75, 3.05) is 0 Å². The largest absolute Gasteiger partial charge is 2.00 e. The SMILES string of the molecule is C[Si](C)(C)[N-][Si](C)(C)C.C[Si](C)(C)[N-][Si](C)(C)C.C[Si](C)(C)[N-][Si](C)(C)C.C[Si](C)(C)[N-][Si](C)(C)C.[Mn+2].[Mn+2].[Na+].[Na+].[O-2]. The average Bonchev–Trinajstić information content (AvgIpc) is 2.19. The summed E-state index contributed by atoms with van der Waals surface area (Å²) in [4.78, 5) is 0. The van der Waals surface area contributed by atoms with Crippen LogP contribution in [0.25, 0.3) is 18.6 Å². The van der Waals surface area contributed by atoms with Gasteiger partial charge in [0.1, 0.15) is 0 Å². The van der Waals surface area contributed by atoms with Crippen molar-refractivity contribution < 1.29 is 98.7 Å². The van der Waals surface area contributed by atoms with Crippen LogP contribution in [0.2, 0.25) is 157 Å². The van der Waals surface area contributed by atoms with Gasteiger partial charge in [-0.15, -0.1) is 0 Å². The van der Waals surface area contributed by atoms with Crippen molar-refractivity contribution in [1.82, 2.24) is 0 Å². The van der Waals surface area contributed by atoms with Gasteiger partial charge in [0, 0.05) is 0 Å². The van der Waals surface area contributed by atoms with Crippen LogP contribution in [0.1, 0.15) is 0 Å². The van der Waals surface area contributed by atoms with E-state index in [4.69, 9.17) is 18.6 Å². The fraction of sp³-hybridized carbons (Fsp3) is 1.00. The Morgan fingerprint density at radius 1 is 0.220 bits per heavy atom. The van der Waals surface area contributed by atoms with Gasteiger partial charge in [-0.2, -0.15) is 0 Å². The molecule has 0 saturated heterocycles. The molecule has 2 radical (unpaired) electrons. The zero-order valence-electron chi connectivity index (χ0n) is 33.0. The van der Waals surface area contributed by atoms with Gasteiger partial charge in [0.25, 0.3) is 0 Å². The zero-order valence-corrected chi connectivity index (χ0v) is 47.3. The molecule has 0 unspecified atom stereocenters. The summed E-state index contributed by atoms with van der Waals surface area (Å²) in [7, 11) is -8.85. The minimum absolute atomic E-state index is 0. The van der Waals surface area contributed by atoms with Crippen molar-refractivity contribution in [3.8, 4) is 0 Å². The van der Waals surface area contributed by atoms with Gasteiger partial charge < -0.3 is 24.1 Å². The van der Waals surface area contributed by atoms with E-state index in [1.165, 1.54) is 0 Å². The average molecular weight is 813 g/mol. The molecule has 0 saturated carbocycles. The summed E-state index contributed by atoms with van der Waals surface area (Å²) in [6.45, 7) is 55.1. The Labute approximate surface area is 336 Å². The summed E-state index contributed by atoms with van der Waals surface area (Å²) < 4.78 is 19.3. The molecular weight excluding hydrogens is 741 g/mol. The smallest absolute Gasteiger partial charge is 2.00 e. The van der Waals surface area contributed by atoms with Crippen LogP contribution in [0.5, 0.6) is 0 Å². The van der Waals surface area contributed by atoms with E-state index in [0.29, 0.717) is 0 Å². The molecule has 0 spiro atoms. The van der Waals surface area contributed by atoms with E-state index in [0.717, 1.165) is 0 Å². The van der Waals surface area contributed by atoms with E-state index < -0.39 is 65.9 Å². The maximum Gasteiger partial charge on any atom is 2.00 e. The van der Waals surface area contributed by atoms with Gasteiger partial charge in [-0.25, -0.2) is 0 Å². The summed E-state index contributed by atoms with van der Waals surface area (Å²) in [5, 5.41) is 0. The maximum atomic E-state index is 4.82. The molecule has 5 nitrogen and oxygen atoms in total. The van der Waals surface area contributed by atoms with Crippen LogP contribution in [0.4, 0.5) is 0 Å². The second-order valence-electron chi connectivity index (χ2n) is 17.8. The third kappa shape index (κ3) is 99.0. The van der Waals surface area contributed by atoms with E-state index in [9.17, 15) is 0 Å². The molecular formula is C24H72Mn2N4Na2OSi8. The molecule has 0 heterocycles. The molecule has 17 heteroatoms. The molecule has 0 aromatic heterocycles. The second-order valence-corrected chi connectivity index (χ2v) is 56.1. The quantitative estimate of drug-likeness (QED) is 0.270. The summed E-state index contributed by atoms with van der Waals surface area (Å²) >= 11 is 0. The van der Waals surface area contributed by atoms with Crippen molar-refractivity contribution in [2.45, 2.75) is 157 Å². The van der Waals surface area contributed by atoms with Crippen LogP contribution >= 0.6 is 0 Å². The van der Waals surface area contributed by atoms with Crippen LogP contribution < -0.4 is 59.1 Å². The standard InChI is InChI=1S/4C6H18NSi2.2Mn.2Na.O/c4*1-8(2,3)7-9(4,5)6;;;;;/h4*1-6H3;;;;;/q4*-1;2*+2;2*+1;-2. The topological polar surface area (TPSA) is 84.9 Å². The van der Waals surface area contributed by atoms with Gasteiger partial charge in [-0.1, -0.05) is 223 Å². The maximum absolute atomic E-state index is 4.82. The van der Waals surface area contributed by atoms with E-state index >= 15 is 0 Å². The summed E-state index contributed by atoms with van der Waals surface area (Å²) in [5.41, 5.74) is 0. The van der Waals surface area contributed by atoms with Crippen LogP contribution in [-0.2, 0) is 39.6 Å². The first kappa shape index (κ1) is 67.7. The third-order valence-corrected chi connectivity index (χ3v) is 24.1. The van der Waals surface area contributed by atoms with Gasteiger partial charge in [0.15, 0.2) is 0 Å². The number of nitrogens with zero attached hydrogens (tertiary/aromatic N) is 4. The molecule has 0 rings (SSSR count). The van der Waals surface area contributed by atoms with Crippen molar-refractivity contribution in [3.63, 3.8) is 0 Å². The molecule has 0 N–H and O–H groups in total. The first-order valence-corrected chi connectivity index (χ1v) is 41.4. The van der Waals surface area contributed by atoms with Crippen molar-refractivity contribution >= 4 is 65.9 Å². The number of hydrogen-bond acceptors (Lipinski definition) is 0. The fourth-order valence-corrected chi connectivity index (χ4v) is 36.2. The second kappa shape index (κ2) is 26.4. The molecule has 0 bridgehead atoms. The minimum Gasteiger partial charge on any atom is -2.00 e. The molecule has 0 aliphatic heterocycles. The molecule has 242 valence electrons. The molecule has 0 aromatic rings. The Kier molecular flexibility index (Phi) is 43.7. The van der Waals surface area contributed by atoms with Gasteiger partial charge in [-0.3, -0.25) is 0 Å². The molecule has 0 amide bonds.